The Balaban J connectivity index is 1.84. The van der Waals surface area contributed by atoms with Crippen molar-refractivity contribution in [3.8, 4) is 5.75 Å². The lowest BCUT2D eigenvalue weighted by atomic mass is 9.78. The molecule has 1 N–H and O–H groups in total. The number of anilines is 1. The van der Waals surface area contributed by atoms with E-state index in [0.717, 1.165) is 48.2 Å². The first-order valence-corrected chi connectivity index (χ1v) is 8.76. The van der Waals surface area contributed by atoms with Crippen LogP contribution in [-0.2, 0) is 10.2 Å². The summed E-state index contributed by atoms with van der Waals surface area (Å²) in [6.07, 6.45) is 4.03. The number of hydrogen-bond acceptors (Lipinski definition) is 2. The molecule has 1 aliphatic rings. The van der Waals surface area contributed by atoms with Gasteiger partial charge in [0.1, 0.15) is 5.75 Å². The molecule has 0 unspecified atom stereocenters. The average molecular weight is 323 g/mol. The molecule has 3 heteroatoms. The highest BCUT2D eigenvalue weighted by Crippen LogP contribution is 2.42. The maximum Gasteiger partial charge on any atom is 0.235 e. The van der Waals surface area contributed by atoms with E-state index < -0.39 is 5.41 Å². The maximum absolute atomic E-state index is 13.1. The molecule has 3 rings (SSSR count). The Morgan fingerprint density at radius 3 is 2.46 bits per heavy atom. The van der Waals surface area contributed by atoms with Crippen molar-refractivity contribution in [3.63, 3.8) is 0 Å². The number of benzene rings is 2. The Bertz CT molecular complexity index is 703. The monoisotopic (exact) mass is 323 g/mol. The molecule has 24 heavy (non-hydrogen) atoms. The zero-order valence-corrected chi connectivity index (χ0v) is 14.5. The largest absolute Gasteiger partial charge is 0.494 e. The van der Waals surface area contributed by atoms with Crippen molar-refractivity contribution in [2.75, 3.05) is 11.9 Å². The van der Waals surface area contributed by atoms with Gasteiger partial charge in [-0.1, -0.05) is 43.2 Å². The van der Waals surface area contributed by atoms with Gasteiger partial charge < -0.3 is 10.1 Å². The number of carbonyl (C=O) groups is 1. The van der Waals surface area contributed by atoms with Gasteiger partial charge in [0.05, 0.1) is 12.0 Å². The van der Waals surface area contributed by atoms with E-state index in [4.69, 9.17) is 4.74 Å². The minimum Gasteiger partial charge on any atom is -0.494 e. The Morgan fingerprint density at radius 2 is 1.83 bits per heavy atom. The van der Waals surface area contributed by atoms with Gasteiger partial charge >= 0.3 is 0 Å². The quantitative estimate of drug-likeness (QED) is 0.854. The molecule has 0 spiro atoms. The third-order valence-electron chi connectivity index (χ3n) is 4.95. The summed E-state index contributed by atoms with van der Waals surface area (Å²) in [7, 11) is 0. The summed E-state index contributed by atoms with van der Waals surface area (Å²) < 4.78 is 5.57. The van der Waals surface area contributed by atoms with Gasteiger partial charge in [0.15, 0.2) is 0 Å². The number of nitrogens with one attached hydrogen (secondary N) is 1. The second kappa shape index (κ2) is 7.08. The summed E-state index contributed by atoms with van der Waals surface area (Å²) in [6, 6.07) is 16.0. The van der Waals surface area contributed by atoms with Crippen LogP contribution in [0.3, 0.4) is 0 Å². The van der Waals surface area contributed by atoms with E-state index in [9.17, 15) is 4.79 Å². The average Bonchev–Trinajstić information content (AvgIpc) is 3.09. The fourth-order valence-electron chi connectivity index (χ4n) is 3.68. The summed E-state index contributed by atoms with van der Waals surface area (Å²) in [6.45, 7) is 4.62. The molecule has 1 aliphatic carbocycles. The third kappa shape index (κ3) is 3.16. The van der Waals surface area contributed by atoms with Crippen molar-refractivity contribution in [1.82, 2.24) is 0 Å². The summed E-state index contributed by atoms with van der Waals surface area (Å²) in [5.74, 6) is 0.976. The molecule has 0 atom stereocenters. The Hall–Kier alpha value is -2.29. The fraction of sp³-hybridized carbons (Fsp3) is 0.381. The SMILES string of the molecule is CCOc1ccc(NC(=O)C2(c3ccccc3)CCCC2)cc1C. The van der Waals surface area contributed by atoms with Gasteiger partial charge in [-0.25, -0.2) is 0 Å². The molecule has 0 saturated heterocycles. The fourth-order valence-corrected chi connectivity index (χ4v) is 3.68. The lowest BCUT2D eigenvalue weighted by Gasteiger charge is -2.28. The van der Waals surface area contributed by atoms with Crippen molar-refractivity contribution in [2.45, 2.75) is 44.9 Å². The zero-order chi connectivity index (χ0) is 17.0. The number of amides is 1. The Labute approximate surface area is 144 Å². The van der Waals surface area contributed by atoms with Gasteiger partial charge in [-0.15, -0.1) is 0 Å². The van der Waals surface area contributed by atoms with E-state index in [-0.39, 0.29) is 5.91 Å². The van der Waals surface area contributed by atoms with Gasteiger partial charge in [0.2, 0.25) is 5.91 Å². The molecule has 1 saturated carbocycles. The predicted molar refractivity (Wildman–Crippen MR) is 97.6 cm³/mol. The highest BCUT2D eigenvalue weighted by molar-refractivity contribution is 5.99. The second-order valence-corrected chi connectivity index (χ2v) is 6.52. The Morgan fingerprint density at radius 1 is 1.12 bits per heavy atom. The van der Waals surface area contributed by atoms with E-state index >= 15 is 0 Å². The first-order chi connectivity index (χ1) is 11.7. The van der Waals surface area contributed by atoms with E-state index in [1.54, 1.807) is 0 Å². The number of ether oxygens (including phenoxy) is 1. The van der Waals surface area contributed by atoms with Crippen LogP contribution in [0, 0.1) is 6.92 Å². The molecular formula is C21H25NO2. The minimum absolute atomic E-state index is 0.106. The smallest absolute Gasteiger partial charge is 0.235 e. The van der Waals surface area contributed by atoms with Crippen LogP contribution in [0.1, 0.15) is 43.7 Å². The van der Waals surface area contributed by atoms with Gasteiger partial charge in [-0.3, -0.25) is 4.79 Å². The van der Waals surface area contributed by atoms with E-state index in [1.807, 2.05) is 50.2 Å². The van der Waals surface area contributed by atoms with Gasteiger partial charge in [0, 0.05) is 5.69 Å². The molecule has 1 fully saturated rings. The summed E-state index contributed by atoms with van der Waals surface area (Å²) in [5.41, 5.74) is 2.61. The van der Waals surface area contributed by atoms with Crippen LogP contribution < -0.4 is 10.1 Å². The van der Waals surface area contributed by atoms with Crippen molar-refractivity contribution in [1.29, 1.82) is 0 Å². The first kappa shape index (κ1) is 16.6. The molecule has 126 valence electrons. The van der Waals surface area contributed by atoms with Crippen LogP contribution in [0.5, 0.6) is 5.75 Å². The normalized spacial score (nSPS) is 15.9. The van der Waals surface area contributed by atoms with Crippen molar-refractivity contribution >= 4 is 11.6 Å². The molecule has 1 amide bonds. The summed E-state index contributed by atoms with van der Waals surface area (Å²) in [5, 5.41) is 3.14. The lowest BCUT2D eigenvalue weighted by molar-refractivity contribution is -0.121. The van der Waals surface area contributed by atoms with Crippen molar-refractivity contribution in [3.05, 3.63) is 59.7 Å². The van der Waals surface area contributed by atoms with Gasteiger partial charge in [-0.05, 0) is 56.0 Å². The molecule has 0 bridgehead atoms. The molecule has 0 radical (unpaired) electrons. The minimum atomic E-state index is -0.395. The third-order valence-corrected chi connectivity index (χ3v) is 4.95. The summed E-state index contributed by atoms with van der Waals surface area (Å²) >= 11 is 0. The van der Waals surface area contributed by atoms with Crippen LogP contribution in [0.15, 0.2) is 48.5 Å². The van der Waals surface area contributed by atoms with Crippen LogP contribution in [-0.4, -0.2) is 12.5 Å². The van der Waals surface area contributed by atoms with Crippen molar-refractivity contribution in [2.24, 2.45) is 0 Å². The van der Waals surface area contributed by atoms with Crippen LogP contribution >= 0.6 is 0 Å². The van der Waals surface area contributed by atoms with E-state index in [2.05, 4.69) is 17.4 Å². The first-order valence-electron chi connectivity index (χ1n) is 8.76. The second-order valence-electron chi connectivity index (χ2n) is 6.52. The lowest BCUT2D eigenvalue weighted by Crippen LogP contribution is -2.37. The van der Waals surface area contributed by atoms with Gasteiger partial charge in [0.25, 0.3) is 0 Å². The van der Waals surface area contributed by atoms with E-state index in [0.29, 0.717) is 6.61 Å². The molecule has 2 aromatic carbocycles. The molecule has 0 aromatic heterocycles. The van der Waals surface area contributed by atoms with Crippen molar-refractivity contribution < 1.29 is 9.53 Å². The Kier molecular flexibility index (Phi) is 4.89. The van der Waals surface area contributed by atoms with Gasteiger partial charge in [-0.2, -0.15) is 0 Å². The molecule has 0 aliphatic heterocycles. The topological polar surface area (TPSA) is 38.3 Å². The molecule has 2 aromatic rings. The number of rotatable bonds is 5. The maximum atomic E-state index is 13.1. The molecular weight excluding hydrogens is 298 g/mol. The van der Waals surface area contributed by atoms with Crippen LogP contribution in [0.25, 0.3) is 0 Å². The molecule has 3 nitrogen and oxygen atoms in total. The highest BCUT2D eigenvalue weighted by atomic mass is 16.5. The summed E-state index contributed by atoms with van der Waals surface area (Å²) in [4.78, 5) is 13.1. The number of carbonyl (C=O) groups excluding carboxylic acids is 1. The number of hydrogen-bond donors (Lipinski definition) is 1. The van der Waals surface area contributed by atoms with Crippen LogP contribution in [0.2, 0.25) is 0 Å². The highest BCUT2D eigenvalue weighted by Gasteiger charge is 2.42. The zero-order valence-electron chi connectivity index (χ0n) is 14.5. The molecule has 0 heterocycles. The standard InChI is InChI=1S/C21H25NO2/c1-3-24-19-12-11-18(15-16(19)2)22-20(23)21(13-7-8-14-21)17-9-5-4-6-10-17/h4-6,9-12,15H,3,7-8,13-14H2,1-2H3,(H,22,23). The van der Waals surface area contributed by atoms with E-state index in [1.165, 1.54) is 0 Å². The van der Waals surface area contributed by atoms with Crippen LogP contribution in [0.4, 0.5) is 5.69 Å². The number of aryl methyl sites for hydroxylation is 1. The predicted octanol–water partition coefficient (Wildman–Crippen LogP) is 4.84.